The Hall–Kier alpha value is -3.04. The summed E-state index contributed by atoms with van der Waals surface area (Å²) >= 11 is 1.64. The molecule has 3 unspecified atom stereocenters. The molecule has 4 heterocycles. The van der Waals surface area contributed by atoms with E-state index < -0.39 is 6.23 Å². The van der Waals surface area contributed by atoms with Crippen molar-refractivity contribution in [1.29, 1.82) is 0 Å². The number of ether oxygens (including phenoxy) is 1. The second-order valence-corrected chi connectivity index (χ2v) is 9.96. The molecule has 1 fully saturated rings. The quantitative estimate of drug-likeness (QED) is 0.602. The molecular weight excluding hydrogens is 438 g/mol. The van der Waals surface area contributed by atoms with Gasteiger partial charge in [0.2, 0.25) is 5.91 Å². The Morgan fingerprint density at radius 1 is 1.36 bits per heavy atom. The number of benzene rings is 1. The number of amides is 1. The van der Waals surface area contributed by atoms with Crippen LogP contribution in [0.3, 0.4) is 0 Å². The first-order chi connectivity index (χ1) is 16.0. The molecule has 6 rings (SSSR count). The van der Waals surface area contributed by atoms with Crippen molar-refractivity contribution >= 4 is 45.2 Å². The lowest BCUT2D eigenvalue weighted by Gasteiger charge is -2.45. The van der Waals surface area contributed by atoms with Crippen LogP contribution in [0.1, 0.15) is 37.1 Å². The Balaban J connectivity index is 1.33. The van der Waals surface area contributed by atoms with Crippen LogP contribution >= 0.6 is 11.3 Å². The maximum atomic E-state index is 13.0. The van der Waals surface area contributed by atoms with Crippen molar-refractivity contribution < 1.29 is 14.6 Å². The molecule has 2 aliphatic heterocycles. The molecule has 3 aromatic rings. The average molecular weight is 464 g/mol. The molecule has 33 heavy (non-hydrogen) atoms. The van der Waals surface area contributed by atoms with Gasteiger partial charge in [0.25, 0.3) is 0 Å². The Morgan fingerprint density at radius 2 is 2.24 bits per heavy atom. The molecule has 0 saturated carbocycles. The molecule has 3 aliphatic rings. The molecule has 1 amide bonds. The highest BCUT2D eigenvalue weighted by atomic mass is 32.1. The maximum Gasteiger partial charge on any atom is 0.228 e. The first-order valence-corrected chi connectivity index (χ1v) is 12.2. The molecule has 8 nitrogen and oxygen atoms in total. The number of hydrogen-bond acceptors (Lipinski definition) is 8. The van der Waals surface area contributed by atoms with Crippen molar-refractivity contribution in [2.24, 2.45) is 10.9 Å². The molecular formula is C24H25N5O3S. The van der Waals surface area contributed by atoms with Gasteiger partial charge in [-0.1, -0.05) is 0 Å². The van der Waals surface area contributed by atoms with E-state index in [9.17, 15) is 9.90 Å². The zero-order valence-corrected chi connectivity index (χ0v) is 19.4. The van der Waals surface area contributed by atoms with Gasteiger partial charge in [-0.3, -0.25) is 9.79 Å². The van der Waals surface area contributed by atoms with Gasteiger partial charge < -0.3 is 20.1 Å². The van der Waals surface area contributed by atoms with Gasteiger partial charge in [-0.15, -0.1) is 11.3 Å². The minimum Gasteiger partial charge on any atom is -0.492 e. The number of aromatic nitrogens is 2. The van der Waals surface area contributed by atoms with E-state index in [4.69, 9.17) is 4.74 Å². The molecule has 3 atom stereocenters. The fourth-order valence-corrected chi connectivity index (χ4v) is 6.32. The van der Waals surface area contributed by atoms with Gasteiger partial charge in [-0.25, -0.2) is 9.97 Å². The summed E-state index contributed by atoms with van der Waals surface area (Å²) in [6.07, 6.45) is 5.69. The van der Waals surface area contributed by atoms with Crippen molar-refractivity contribution in [3.05, 3.63) is 39.5 Å². The van der Waals surface area contributed by atoms with Gasteiger partial charge in [-0.2, -0.15) is 0 Å². The monoisotopic (exact) mass is 463 g/mol. The Kier molecular flexibility index (Phi) is 4.84. The minimum atomic E-state index is -0.634. The first kappa shape index (κ1) is 20.6. The number of nitrogens with one attached hydrogen (secondary N) is 1. The molecule has 9 heteroatoms. The van der Waals surface area contributed by atoms with Crippen LogP contribution in [0.25, 0.3) is 16.4 Å². The van der Waals surface area contributed by atoms with Crippen LogP contribution in [0, 0.1) is 5.92 Å². The van der Waals surface area contributed by atoms with Gasteiger partial charge in [-0.05, 0) is 44.7 Å². The van der Waals surface area contributed by atoms with Crippen LogP contribution < -0.4 is 20.6 Å². The van der Waals surface area contributed by atoms with Gasteiger partial charge >= 0.3 is 0 Å². The smallest absolute Gasteiger partial charge is 0.228 e. The Labute approximate surface area is 194 Å². The van der Waals surface area contributed by atoms with Crippen molar-refractivity contribution in [3.8, 4) is 5.75 Å². The van der Waals surface area contributed by atoms with Crippen LogP contribution in [-0.4, -0.2) is 44.8 Å². The van der Waals surface area contributed by atoms with Crippen LogP contribution in [0.15, 0.2) is 23.5 Å². The lowest BCUT2D eigenvalue weighted by atomic mass is 9.85. The molecule has 2 N–H and O–H groups in total. The van der Waals surface area contributed by atoms with Crippen molar-refractivity contribution in [2.75, 3.05) is 11.9 Å². The van der Waals surface area contributed by atoms with Crippen molar-refractivity contribution in [1.82, 2.24) is 14.9 Å². The summed E-state index contributed by atoms with van der Waals surface area (Å²) in [5.41, 5.74) is 2.08. The Morgan fingerprint density at radius 3 is 2.97 bits per heavy atom. The predicted molar refractivity (Wildman–Crippen MR) is 126 cm³/mol. The second kappa shape index (κ2) is 7.78. The highest BCUT2D eigenvalue weighted by Crippen LogP contribution is 2.42. The number of thiophene rings is 1. The number of aliphatic hydroxyl groups excluding tert-OH is 1. The van der Waals surface area contributed by atoms with E-state index in [0.717, 1.165) is 50.9 Å². The number of carbonyl (C=O) groups excluding carboxylic acids is 1. The standard InChI is InChI=1S/C24H25N5O3S/c1-3-32-18-9-16-14(10-25-16)7-17(18)28-22-21-15-5-4-13(24(31)29-12(2)6-20(29)30)8-19(15)33-23(21)27-11-26-22/h7,9-13,20,30H,3-6,8H2,1-2H3,(H,26,27,28). The number of likely N-dealkylation sites (tertiary alicyclic amines) is 1. The summed E-state index contributed by atoms with van der Waals surface area (Å²) in [6.45, 7) is 4.51. The molecule has 0 radical (unpaired) electrons. The van der Waals surface area contributed by atoms with Crippen molar-refractivity contribution in [2.45, 2.75) is 51.8 Å². The zero-order valence-electron chi connectivity index (χ0n) is 18.5. The topological polar surface area (TPSA) is 99.9 Å². The summed E-state index contributed by atoms with van der Waals surface area (Å²) in [7, 11) is 0. The van der Waals surface area contributed by atoms with Gasteiger partial charge in [0.05, 0.1) is 23.0 Å². The summed E-state index contributed by atoms with van der Waals surface area (Å²) < 4.78 is 5.84. The number of aliphatic hydroxyl groups is 1. The number of anilines is 2. The summed E-state index contributed by atoms with van der Waals surface area (Å²) in [5.74, 6) is 1.48. The first-order valence-electron chi connectivity index (χ1n) is 11.4. The lowest BCUT2D eigenvalue weighted by Crippen LogP contribution is -2.59. The summed E-state index contributed by atoms with van der Waals surface area (Å²) in [4.78, 5) is 30.1. The van der Waals surface area contributed by atoms with Gasteiger partial charge in [0.15, 0.2) is 0 Å². The molecule has 0 bridgehead atoms. The summed E-state index contributed by atoms with van der Waals surface area (Å²) in [6, 6.07) is 4.10. The van der Waals surface area contributed by atoms with E-state index in [1.165, 1.54) is 10.4 Å². The molecule has 1 saturated heterocycles. The Bertz CT molecular complexity index is 1390. The van der Waals surface area contributed by atoms with E-state index in [1.54, 1.807) is 22.6 Å². The fraction of sp³-hybridized carbons (Fsp3) is 0.417. The van der Waals surface area contributed by atoms with E-state index in [-0.39, 0.29) is 17.9 Å². The van der Waals surface area contributed by atoms with Gasteiger partial charge in [0.1, 0.15) is 29.0 Å². The molecule has 1 aromatic carbocycles. The number of fused-ring (bicyclic) bond motifs is 4. The third-order valence-electron chi connectivity index (χ3n) is 6.82. The third kappa shape index (κ3) is 3.29. The third-order valence-corrected chi connectivity index (χ3v) is 7.98. The number of aryl methyl sites for hydroxylation is 1. The highest BCUT2D eigenvalue weighted by molar-refractivity contribution is 7.19. The van der Waals surface area contributed by atoms with Crippen LogP contribution in [0.5, 0.6) is 5.75 Å². The minimum absolute atomic E-state index is 0.0684. The zero-order chi connectivity index (χ0) is 22.7. The highest BCUT2D eigenvalue weighted by Gasteiger charge is 2.41. The SMILES string of the molecule is CCOc1cc2c(cc1Nc1ncnc3sc4c(c13)CCC(C(=O)N1C(C)CC1O)C4)=CN=2. The lowest BCUT2D eigenvalue weighted by molar-refractivity contribution is -0.169. The molecule has 0 spiro atoms. The fourth-order valence-electron chi connectivity index (χ4n) is 5.05. The number of hydrogen-bond donors (Lipinski definition) is 2. The predicted octanol–water partition coefficient (Wildman–Crippen LogP) is 2.25. The normalized spacial score (nSPS) is 22.9. The number of carbonyl (C=O) groups is 1. The van der Waals surface area contributed by atoms with Gasteiger partial charge in [0, 0.05) is 40.7 Å². The van der Waals surface area contributed by atoms with E-state index in [1.807, 2.05) is 32.2 Å². The molecule has 1 aliphatic carbocycles. The second-order valence-electron chi connectivity index (χ2n) is 8.88. The van der Waals surface area contributed by atoms with E-state index >= 15 is 0 Å². The maximum absolute atomic E-state index is 13.0. The largest absolute Gasteiger partial charge is 0.492 e. The molecule has 2 aromatic heterocycles. The number of rotatable bonds is 5. The van der Waals surface area contributed by atoms with Crippen molar-refractivity contribution in [3.63, 3.8) is 0 Å². The van der Waals surface area contributed by atoms with E-state index in [0.29, 0.717) is 19.4 Å². The summed E-state index contributed by atoms with van der Waals surface area (Å²) in [5, 5.41) is 16.5. The van der Waals surface area contributed by atoms with Crippen LogP contribution in [-0.2, 0) is 17.6 Å². The van der Waals surface area contributed by atoms with Crippen LogP contribution in [0.4, 0.5) is 11.5 Å². The molecule has 170 valence electrons. The van der Waals surface area contributed by atoms with E-state index in [2.05, 4.69) is 20.3 Å². The number of nitrogens with zero attached hydrogens (tertiary/aromatic N) is 4. The average Bonchev–Trinajstić information content (AvgIpc) is 3.16. The van der Waals surface area contributed by atoms with Crippen LogP contribution in [0.2, 0.25) is 0 Å².